The van der Waals surface area contributed by atoms with E-state index < -0.39 is 11.1 Å². The van der Waals surface area contributed by atoms with Crippen molar-refractivity contribution in [1.82, 2.24) is 20.6 Å². The molecule has 0 atom stereocenters. The Kier molecular flexibility index (Phi) is 12.9. The summed E-state index contributed by atoms with van der Waals surface area (Å²) in [7, 11) is 0. The standard InChI is InChI=1S/C29H25ClN2.C29H25FN2/c30-26-16-17-28-27(20-26)22(21-31-28)18-19-32-29(23-10-4-1-5-11-23,24-12-6-2-7-13-24)25-14-8-3-9-15-25;30-26-16-17-27-22(21-31-28(27)20-26)18-19-32-29(23-10-4-1-5-11-23,24-12-6-2-7-13-24)25-14-8-3-9-15-25/h2*1-17,20-21,31-32H,18-19H2. The van der Waals surface area contributed by atoms with E-state index in [-0.39, 0.29) is 5.82 Å². The number of fused-ring (bicyclic) bond motifs is 2. The van der Waals surface area contributed by atoms with Crippen LogP contribution in [0.25, 0.3) is 21.8 Å². The molecule has 0 unspecified atom stereocenters. The zero-order valence-electron chi connectivity index (χ0n) is 35.5. The summed E-state index contributed by atoms with van der Waals surface area (Å²) in [6.07, 6.45) is 5.79. The van der Waals surface area contributed by atoms with E-state index in [1.807, 2.05) is 30.5 Å². The predicted molar refractivity (Wildman–Crippen MR) is 263 cm³/mol. The van der Waals surface area contributed by atoms with Crippen molar-refractivity contribution < 1.29 is 4.39 Å². The summed E-state index contributed by atoms with van der Waals surface area (Å²) >= 11 is 6.26. The van der Waals surface area contributed by atoms with Crippen molar-refractivity contribution in [2.75, 3.05) is 13.1 Å². The number of rotatable bonds is 14. The van der Waals surface area contributed by atoms with Crippen molar-refractivity contribution in [3.63, 3.8) is 0 Å². The van der Waals surface area contributed by atoms with Gasteiger partial charge < -0.3 is 9.97 Å². The fourth-order valence-corrected chi connectivity index (χ4v) is 9.41. The third-order valence-corrected chi connectivity index (χ3v) is 12.5. The van der Waals surface area contributed by atoms with Crippen molar-refractivity contribution >= 4 is 33.4 Å². The lowest BCUT2D eigenvalue weighted by Crippen LogP contribution is -2.45. The summed E-state index contributed by atoms with van der Waals surface area (Å²) in [4.78, 5) is 6.58. The average molecular weight is 858 g/mol. The minimum Gasteiger partial charge on any atom is -0.361 e. The van der Waals surface area contributed by atoms with Gasteiger partial charge in [-0.1, -0.05) is 194 Å². The summed E-state index contributed by atoms with van der Waals surface area (Å²) in [6, 6.07) is 74.8. The Bertz CT molecular complexity index is 2810. The molecule has 2 aromatic heterocycles. The van der Waals surface area contributed by atoms with Crippen LogP contribution in [-0.4, -0.2) is 23.1 Å². The SMILES string of the molecule is Clc1ccc2[nH]cc(CCNC(c3ccccc3)(c3ccccc3)c3ccccc3)c2c1.Fc1ccc2c(CCNC(c3ccccc3)(c3ccccc3)c3ccccc3)c[nH]c2c1. The van der Waals surface area contributed by atoms with Gasteiger partial charge in [0, 0.05) is 52.3 Å². The monoisotopic (exact) mass is 856 g/mol. The second kappa shape index (κ2) is 19.6. The second-order valence-electron chi connectivity index (χ2n) is 16.1. The van der Waals surface area contributed by atoms with E-state index >= 15 is 0 Å². The van der Waals surface area contributed by atoms with Crippen molar-refractivity contribution in [2.45, 2.75) is 23.9 Å². The maximum Gasteiger partial charge on any atom is 0.125 e. The van der Waals surface area contributed by atoms with Crippen LogP contribution in [0.3, 0.4) is 0 Å². The molecule has 10 aromatic rings. The van der Waals surface area contributed by atoms with Gasteiger partial charge in [-0.15, -0.1) is 0 Å². The summed E-state index contributed by atoms with van der Waals surface area (Å²) < 4.78 is 13.6. The van der Waals surface area contributed by atoms with Crippen LogP contribution < -0.4 is 10.6 Å². The topological polar surface area (TPSA) is 55.6 Å². The van der Waals surface area contributed by atoms with Crippen LogP contribution in [0.15, 0.2) is 231 Å². The Morgan fingerprint density at radius 2 is 0.750 bits per heavy atom. The first-order chi connectivity index (χ1) is 31.5. The summed E-state index contributed by atoms with van der Waals surface area (Å²) in [5, 5.41) is 10.9. The van der Waals surface area contributed by atoms with Gasteiger partial charge in [0.25, 0.3) is 0 Å². The van der Waals surface area contributed by atoms with Gasteiger partial charge in [-0.2, -0.15) is 0 Å². The largest absolute Gasteiger partial charge is 0.361 e. The van der Waals surface area contributed by atoms with Gasteiger partial charge in [0.05, 0.1) is 11.1 Å². The van der Waals surface area contributed by atoms with Crippen LogP contribution in [0.2, 0.25) is 5.02 Å². The molecule has 8 aromatic carbocycles. The number of nitrogens with one attached hydrogen (secondary N) is 4. The maximum absolute atomic E-state index is 13.6. The number of aromatic nitrogens is 2. The molecule has 0 aliphatic rings. The van der Waals surface area contributed by atoms with Gasteiger partial charge >= 0.3 is 0 Å². The fourth-order valence-electron chi connectivity index (χ4n) is 9.23. The van der Waals surface area contributed by atoms with Crippen molar-refractivity contribution in [1.29, 1.82) is 0 Å². The van der Waals surface area contributed by atoms with Crippen LogP contribution >= 0.6 is 11.6 Å². The normalized spacial score (nSPS) is 11.7. The summed E-state index contributed by atoms with van der Waals surface area (Å²) in [5.41, 5.74) is 10.7. The lowest BCUT2D eigenvalue weighted by molar-refractivity contribution is 0.476. The molecule has 316 valence electrons. The van der Waals surface area contributed by atoms with Crippen molar-refractivity contribution in [2.24, 2.45) is 0 Å². The molecule has 0 aliphatic heterocycles. The van der Waals surface area contributed by atoms with Crippen LogP contribution in [0.1, 0.15) is 44.5 Å². The molecule has 0 bridgehead atoms. The van der Waals surface area contributed by atoms with E-state index in [9.17, 15) is 4.39 Å². The minimum atomic E-state index is -0.484. The molecule has 4 nitrogen and oxygen atoms in total. The van der Waals surface area contributed by atoms with E-state index in [0.29, 0.717) is 0 Å². The molecule has 0 spiro atoms. The lowest BCUT2D eigenvalue weighted by Gasteiger charge is -2.37. The first kappa shape index (κ1) is 42.3. The third kappa shape index (κ3) is 8.79. The van der Waals surface area contributed by atoms with Gasteiger partial charge in [-0.25, -0.2) is 4.39 Å². The number of benzene rings is 8. The summed E-state index contributed by atoms with van der Waals surface area (Å²) in [6.45, 7) is 1.56. The van der Waals surface area contributed by atoms with Crippen molar-refractivity contribution in [3.8, 4) is 0 Å². The Hall–Kier alpha value is -7.02. The molecule has 10 rings (SSSR count). The van der Waals surface area contributed by atoms with E-state index in [2.05, 4.69) is 209 Å². The zero-order valence-corrected chi connectivity index (χ0v) is 36.3. The highest BCUT2D eigenvalue weighted by Crippen LogP contribution is 2.38. The molecule has 2 heterocycles. The van der Waals surface area contributed by atoms with Gasteiger partial charge in [0.15, 0.2) is 0 Å². The van der Waals surface area contributed by atoms with E-state index in [1.165, 1.54) is 56.0 Å². The molecule has 0 radical (unpaired) electrons. The first-order valence-electron chi connectivity index (χ1n) is 21.9. The molecule has 6 heteroatoms. The highest BCUT2D eigenvalue weighted by molar-refractivity contribution is 6.31. The molecule has 0 saturated carbocycles. The zero-order chi connectivity index (χ0) is 43.6. The Morgan fingerprint density at radius 3 is 1.14 bits per heavy atom. The number of aromatic amines is 2. The van der Waals surface area contributed by atoms with Crippen LogP contribution in [-0.2, 0) is 23.9 Å². The van der Waals surface area contributed by atoms with Crippen LogP contribution in [0.5, 0.6) is 0 Å². The lowest BCUT2D eigenvalue weighted by atomic mass is 9.77. The molecule has 4 N–H and O–H groups in total. The Balaban J connectivity index is 0.000000162. The number of hydrogen-bond donors (Lipinski definition) is 4. The highest BCUT2D eigenvalue weighted by atomic mass is 35.5. The number of H-pyrrole nitrogens is 2. The van der Waals surface area contributed by atoms with Gasteiger partial charge in [0.2, 0.25) is 0 Å². The van der Waals surface area contributed by atoms with E-state index in [1.54, 1.807) is 6.07 Å². The molecular weight excluding hydrogens is 807 g/mol. The predicted octanol–water partition coefficient (Wildman–Crippen LogP) is 13.4. The van der Waals surface area contributed by atoms with Gasteiger partial charge in [0.1, 0.15) is 5.82 Å². The van der Waals surface area contributed by atoms with Crippen molar-refractivity contribution in [3.05, 3.63) is 286 Å². The van der Waals surface area contributed by atoms with Gasteiger partial charge in [-0.3, -0.25) is 10.6 Å². The maximum atomic E-state index is 13.6. The quantitative estimate of drug-likeness (QED) is 0.0824. The number of halogens is 2. The van der Waals surface area contributed by atoms with E-state index in [0.717, 1.165) is 47.4 Å². The van der Waals surface area contributed by atoms with E-state index in [4.69, 9.17) is 11.6 Å². The van der Waals surface area contributed by atoms with Gasteiger partial charge in [-0.05, 0) is 93.7 Å². The Morgan fingerprint density at radius 1 is 0.391 bits per heavy atom. The molecule has 0 aliphatic carbocycles. The molecule has 0 fully saturated rings. The van der Waals surface area contributed by atoms with Crippen LogP contribution in [0.4, 0.5) is 4.39 Å². The smallest absolute Gasteiger partial charge is 0.125 e. The molecule has 0 saturated heterocycles. The highest BCUT2D eigenvalue weighted by Gasteiger charge is 2.37. The average Bonchev–Trinajstić information content (AvgIpc) is 3.96. The Labute approximate surface area is 379 Å². The number of hydrogen-bond acceptors (Lipinski definition) is 2. The molecular formula is C58H50ClFN4. The fraction of sp³-hybridized carbons (Fsp3) is 0.103. The van der Waals surface area contributed by atoms with Crippen LogP contribution in [0, 0.1) is 5.82 Å². The summed E-state index contributed by atoms with van der Waals surface area (Å²) in [5.74, 6) is -0.222. The second-order valence-corrected chi connectivity index (χ2v) is 16.5. The molecule has 64 heavy (non-hydrogen) atoms. The first-order valence-corrected chi connectivity index (χ1v) is 22.3. The third-order valence-electron chi connectivity index (χ3n) is 12.3. The minimum absolute atomic E-state index is 0.222. The molecule has 0 amide bonds.